The van der Waals surface area contributed by atoms with Gasteiger partial charge in [-0.25, -0.2) is 0 Å². The average molecular weight is 240 g/mol. The van der Waals surface area contributed by atoms with Crippen molar-refractivity contribution in [2.45, 2.75) is 18.2 Å². The quantitative estimate of drug-likeness (QED) is 0.687. The molecule has 1 heterocycles. The van der Waals surface area contributed by atoms with Gasteiger partial charge in [-0.15, -0.1) is 23.5 Å². The van der Waals surface area contributed by atoms with Gasteiger partial charge in [0.15, 0.2) is 4.32 Å². The predicted molar refractivity (Wildman–Crippen MR) is 59.0 cm³/mol. The molecule has 0 amide bonds. The predicted octanol–water partition coefficient (Wildman–Crippen LogP) is 3.49. The lowest BCUT2D eigenvalue weighted by atomic mass is 10.9. The van der Waals surface area contributed by atoms with Crippen LogP contribution in [0.5, 0.6) is 0 Å². The van der Waals surface area contributed by atoms with Crippen LogP contribution in [-0.4, -0.2) is 17.5 Å². The van der Waals surface area contributed by atoms with Crippen LogP contribution in [0.25, 0.3) is 0 Å². The lowest BCUT2D eigenvalue weighted by Gasteiger charge is -2.21. The summed E-state index contributed by atoms with van der Waals surface area (Å²) < 4.78 is 22.4. The van der Waals surface area contributed by atoms with E-state index in [2.05, 4.69) is 0 Å². The Bertz CT molecular complexity index is 214. The van der Waals surface area contributed by atoms with Gasteiger partial charge in [0.2, 0.25) is 0 Å². The maximum Gasteiger partial charge on any atom is 0.354 e. The van der Waals surface area contributed by atoms with E-state index in [1.165, 1.54) is 23.5 Å². The van der Waals surface area contributed by atoms with E-state index in [-0.39, 0.29) is 4.32 Å². The number of rotatable bonds is 5. The monoisotopic (exact) mass is 240 g/mol. The lowest BCUT2D eigenvalue weighted by Crippen LogP contribution is -2.03. The zero-order valence-corrected chi connectivity index (χ0v) is 10.2. The first-order valence-corrected chi connectivity index (χ1v) is 7.57. The zero-order chi connectivity index (χ0) is 9.73. The van der Waals surface area contributed by atoms with E-state index in [0.717, 1.165) is 0 Å². The van der Waals surface area contributed by atoms with Crippen LogP contribution in [0.2, 0.25) is 0 Å². The van der Waals surface area contributed by atoms with Crippen LogP contribution in [0.15, 0.2) is 10.8 Å². The van der Waals surface area contributed by atoms with Crippen molar-refractivity contribution >= 4 is 31.1 Å². The van der Waals surface area contributed by atoms with Crippen LogP contribution in [-0.2, 0) is 13.6 Å². The van der Waals surface area contributed by atoms with Crippen molar-refractivity contribution in [2.75, 3.05) is 13.2 Å². The largest absolute Gasteiger partial charge is 0.354 e. The van der Waals surface area contributed by atoms with Crippen LogP contribution in [0.1, 0.15) is 13.8 Å². The van der Waals surface area contributed by atoms with Gasteiger partial charge in [-0.05, 0) is 24.7 Å². The molecule has 0 aliphatic carbocycles. The molecule has 76 valence electrons. The number of thioether (sulfide) groups is 2. The first kappa shape index (κ1) is 11.7. The second-order valence-electron chi connectivity index (χ2n) is 2.23. The minimum absolute atomic E-state index is 0.118. The molecule has 0 aromatic heterocycles. The highest BCUT2D eigenvalue weighted by Gasteiger charge is 2.37. The lowest BCUT2D eigenvalue weighted by molar-refractivity contribution is 0.223. The summed E-state index contributed by atoms with van der Waals surface area (Å²) in [5.74, 6) is 0. The minimum Gasteiger partial charge on any atom is -0.307 e. The SMILES string of the molecule is CCOP(=O)(OCC)C1SC=CS1. The fourth-order valence-electron chi connectivity index (χ4n) is 0.899. The molecule has 0 unspecified atom stereocenters. The van der Waals surface area contributed by atoms with E-state index in [1.807, 2.05) is 24.7 Å². The summed E-state index contributed by atoms with van der Waals surface area (Å²) in [5, 5.41) is 3.83. The summed E-state index contributed by atoms with van der Waals surface area (Å²) in [7, 11) is -2.90. The number of hydrogen-bond donors (Lipinski definition) is 0. The minimum atomic E-state index is -2.90. The Balaban J connectivity index is 2.60. The first-order valence-electron chi connectivity index (χ1n) is 4.07. The smallest absolute Gasteiger partial charge is 0.307 e. The fraction of sp³-hybridized carbons (Fsp3) is 0.714. The van der Waals surface area contributed by atoms with Gasteiger partial charge in [0.1, 0.15) is 0 Å². The average Bonchev–Trinajstić information content (AvgIpc) is 2.57. The molecule has 0 aromatic carbocycles. The molecule has 0 saturated heterocycles. The Hall–Kier alpha value is 0.590. The van der Waals surface area contributed by atoms with Crippen LogP contribution < -0.4 is 0 Å². The molecule has 0 aromatic rings. The third-order valence-corrected chi connectivity index (χ3v) is 7.24. The van der Waals surface area contributed by atoms with Crippen LogP contribution in [0, 0.1) is 0 Å². The molecule has 0 N–H and O–H groups in total. The third kappa shape index (κ3) is 3.03. The van der Waals surface area contributed by atoms with Crippen molar-refractivity contribution in [1.82, 2.24) is 0 Å². The van der Waals surface area contributed by atoms with Gasteiger partial charge in [0.05, 0.1) is 13.2 Å². The topological polar surface area (TPSA) is 35.5 Å². The van der Waals surface area contributed by atoms with Gasteiger partial charge >= 0.3 is 7.60 Å². The summed E-state index contributed by atoms with van der Waals surface area (Å²) in [6.07, 6.45) is 0. The highest BCUT2D eigenvalue weighted by atomic mass is 32.2. The summed E-state index contributed by atoms with van der Waals surface area (Å²) in [4.78, 5) is 0. The highest BCUT2D eigenvalue weighted by Crippen LogP contribution is 2.63. The molecule has 3 nitrogen and oxygen atoms in total. The first-order chi connectivity index (χ1) is 6.23. The standard InChI is InChI=1S/C7H13O3PS2/c1-3-9-11(8,10-4-2)7-12-5-6-13-7/h5-7H,3-4H2,1-2H3. The van der Waals surface area contributed by atoms with Crippen molar-refractivity contribution in [3.05, 3.63) is 10.8 Å². The van der Waals surface area contributed by atoms with Gasteiger partial charge in [-0.2, -0.15) is 0 Å². The summed E-state index contributed by atoms with van der Waals surface area (Å²) in [5.41, 5.74) is 0. The molecule has 13 heavy (non-hydrogen) atoms. The molecule has 0 atom stereocenters. The van der Waals surface area contributed by atoms with Crippen molar-refractivity contribution < 1.29 is 13.6 Å². The van der Waals surface area contributed by atoms with Crippen LogP contribution in [0.3, 0.4) is 0 Å². The molecule has 0 fully saturated rings. The molecule has 6 heteroatoms. The maximum atomic E-state index is 12.1. The van der Waals surface area contributed by atoms with E-state index in [1.54, 1.807) is 0 Å². The van der Waals surface area contributed by atoms with Crippen molar-refractivity contribution in [1.29, 1.82) is 0 Å². The van der Waals surface area contributed by atoms with Gasteiger partial charge in [0.25, 0.3) is 0 Å². The molecule has 0 bridgehead atoms. The van der Waals surface area contributed by atoms with Gasteiger partial charge in [-0.1, -0.05) is 0 Å². The van der Waals surface area contributed by atoms with Gasteiger partial charge < -0.3 is 9.05 Å². The molecular formula is C7H13O3PS2. The Labute approximate surface area is 87.2 Å². The Morgan fingerprint density at radius 1 is 1.23 bits per heavy atom. The Morgan fingerprint density at radius 3 is 2.08 bits per heavy atom. The van der Waals surface area contributed by atoms with Crippen LogP contribution >= 0.6 is 31.1 Å². The van der Waals surface area contributed by atoms with E-state index in [9.17, 15) is 4.57 Å². The summed E-state index contributed by atoms with van der Waals surface area (Å²) in [6, 6.07) is 0. The fourth-order valence-corrected chi connectivity index (χ4v) is 5.70. The van der Waals surface area contributed by atoms with Crippen molar-refractivity contribution in [3.8, 4) is 0 Å². The van der Waals surface area contributed by atoms with E-state index in [0.29, 0.717) is 13.2 Å². The zero-order valence-electron chi connectivity index (χ0n) is 7.63. The van der Waals surface area contributed by atoms with Crippen molar-refractivity contribution in [2.24, 2.45) is 0 Å². The normalized spacial score (nSPS) is 18.3. The molecular weight excluding hydrogens is 227 g/mol. The van der Waals surface area contributed by atoms with Crippen LogP contribution in [0.4, 0.5) is 0 Å². The van der Waals surface area contributed by atoms with E-state index < -0.39 is 7.60 Å². The molecule has 0 radical (unpaired) electrons. The number of hydrogen-bond acceptors (Lipinski definition) is 5. The van der Waals surface area contributed by atoms with Gasteiger partial charge in [0, 0.05) is 0 Å². The van der Waals surface area contributed by atoms with Crippen molar-refractivity contribution in [3.63, 3.8) is 0 Å². The summed E-state index contributed by atoms with van der Waals surface area (Å²) >= 11 is 3.00. The van der Waals surface area contributed by atoms with E-state index in [4.69, 9.17) is 9.05 Å². The Kier molecular flexibility index (Phi) is 4.90. The molecule has 1 aliphatic rings. The van der Waals surface area contributed by atoms with E-state index >= 15 is 0 Å². The molecule has 1 aliphatic heterocycles. The second-order valence-corrected chi connectivity index (χ2v) is 7.37. The molecule has 0 spiro atoms. The maximum absolute atomic E-state index is 12.1. The summed E-state index contributed by atoms with van der Waals surface area (Å²) in [6.45, 7) is 4.50. The third-order valence-electron chi connectivity index (χ3n) is 1.32. The highest BCUT2D eigenvalue weighted by molar-refractivity contribution is 8.28. The van der Waals surface area contributed by atoms with Gasteiger partial charge in [-0.3, -0.25) is 4.57 Å². The molecule has 0 saturated carbocycles. The second kappa shape index (κ2) is 5.47. The molecule has 1 rings (SSSR count). The Morgan fingerprint density at radius 2 is 1.69 bits per heavy atom.